The van der Waals surface area contributed by atoms with Crippen molar-refractivity contribution in [3.05, 3.63) is 7.11 Å². The van der Waals surface area contributed by atoms with Crippen LogP contribution in [-0.4, -0.2) is 19.3 Å². The van der Waals surface area contributed by atoms with Crippen LogP contribution in [0.3, 0.4) is 0 Å². The summed E-state index contributed by atoms with van der Waals surface area (Å²) in [7, 11) is 3.36. The molecule has 2 nitrogen and oxygen atoms in total. The standard InChI is InChI=1S/C13H25O2/c1-10(2)12-6-5-11(3)9-13(12)15-8-7-14-4/h10-13H,4-9H2,1-3H3. The molecule has 0 heterocycles. The molecule has 0 aromatic heterocycles. The van der Waals surface area contributed by atoms with E-state index in [0.29, 0.717) is 19.3 Å². The van der Waals surface area contributed by atoms with E-state index >= 15 is 0 Å². The van der Waals surface area contributed by atoms with Gasteiger partial charge in [0, 0.05) is 0 Å². The van der Waals surface area contributed by atoms with Gasteiger partial charge in [0.25, 0.3) is 0 Å². The Hall–Kier alpha value is -0.0800. The topological polar surface area (TPSA) is 18.5 Å². The molecule has 0 aromatic rings. The fourth-order valence-corrected chi connectivity index (χ4v) is 2.56. The van der Waals surface area contributed by atoms with Crippen LogP contribution in [0, 0.1) is 24.9 Å². The minimum absolute atomic E-state index is 0.434. The summed E-state index contributed by atoms with van der Waals surface area (Å²) in [4.78, 5) is 0. The fraction of sp³-hybridized carbons (Fsp3) is 0.923. The van der Waals surface area contributed by atoms with Crippen LogP contribution in [-0.2, 0) is 9.47 Å². The van der Waals surface area contributed by atoms with Crippen LogP contribution in [0.15, 0.2) is 0 Å². The average Bonchev–Trinajstić information content (AvgIpc) is 2.18. The molecule has 89 valence electrons. The highest BCUT2D eigenvalue weighted by Gasteiger charge is 2.31. The Labute approximate surface area is 94.3 Å². The van der Waals surface area contributed by atoms with Crippen LogP contribution in [0.25, 0.3) is 0 Å². The lowest BCUT2D eigenvalue weighted by Gasteiger charge is -2.37. The second-order valence-electron chi connectivity index (χ2n) is 5.14. The van der Waals surface area contributed by atoms with E-state index in [4.69, 9.17) is 9.47 Å². The van der Waals surface area contributed by atoms with Crippen molar-refractivity contribution in [2.24, 2.45) is 17.8 Å². The van der Waals surface area contributed by atoms with Crippen molar-refractivity contribution < 1.29 is 9.47 Å². The Balaban J connectivity index is 2.39. The lowest BCUT2D eigenvalue weighted by atomic mass is 9.75. The molecule has 1 rings (SSSR count). The molecule has 15 heavy (non-hydrogen) atoms. The van der Waals surface area contributed by atoms with Crippen molar-refractivity contribution in [1.82, 2.24) is 0 Å². The molecule has 0 spiro atoms. The third-order valence-electron chi connectivity index (χ3n) is 3.52. The molecule has 0 N–H and O–H groups in total. The largest absolute Gasteiger partial charge is 0.377 e. The van der Waals surface area contributed by atoms with Crippen LogP contribution in [0.2, 0.25) is 0 Å². The quantitative estimate of drug-likeness (QED) is 0.653. The third kappa shape index (κ3) is 4.12. The molecule has 3 unspecified atom stereocenters. The van der Waals surface area contributed by atoms with Gasteiger partial charge in [0.15, 0.2) is 0 Å². The third-order valence-corrected chi connectivity index (χ3v) is 3.52. The van der Waals surface area contributed by atoms with E-state index in [2.05, 4.69) is 27.9 Å². The van der Waals surface area contributed by atoms with Crippen molar-refractivity contribution in [2.45, 2.75) is 46.1 Å². The maximum absolute atomic E-state index is 5.90. The van der Waals surface area contributed by atoms with E-state index in [9.17, 15) is 0 Å². The van der Waals surface area contributed by atoms with Gasteiger partial charge < -0.3 is 9.47 Å². The molecule has 0 aliphatic heterocycles. The summed E-state index contributed by atoms with van der Waals surface area (Å²) in [6, 6.07) is 0. The zero-order chi connectivity index (χ0) is 11.3. The van der Waals surface area contributed by atoms with Gasteiger partial charge in [0.1, 0.15) is 0 Å². The maximum Gasteiger partial charge on any atom is 0.0704 e. The van der Waals surface area contributed by atoms with Gasteiger partial charge in [-0.05, 0) is 30.6 Å². The smallest absolute Gasteiger partial charge is 0.0704 e. The Kier molecular flexibility index (Phi) is 5.62. The number of hydrogen-bond acceptors (Lipinski definition) is 2. The van der Waals surface area contributed by atoms with E-state index in [1.54, 1.807) is 0 Å². The number of hydrogen-bond donors (Lipinski definition) is 0. The van der Waals surface area contributed by atoms with E-state index in [1.807, 2.05) is 0 Å². The number of rotatable bonds is 5. The van der Waals surface area contributed by atoms with Crippen molar-refractivity contribution in [3.63, 3.8) is 0 Å². The van der Waals surface area contributed by atoms with Crippen molar-refractivity contribution in [3.8, 4) is 0 Å². The molecule has 1 aliphatic rings. The van der Waals surface area contributed by atoms with Crippen LogP contribution in [0.4, 0.5) is 0 Å². The molecule has 1 radical (unpaired) electrons. The van der Waals surface area contributed by atoms with Crippen LogP contribution >= 0.6 is 0 Å². The molecule has 0 aromatic carbocycles. The first-order chi connectivity index (χ1) is 7.15. The van der Waals surface area contributed by atoms with E-state index < -0.39 is 0 Å². The summed E-state index contributed by atoms with van der Waals surface area (Å²) < 4.78 is 10.7. The second kappa shape index (κ2) is 6.49. The predicted molar refractivity (Wildman–Crippen MR) is 62.4 cm³/mol. The van der Waals surface area contributed by atoms with Crippen molar-refractivity contribution in [1.29, 1.82) is 0 Å². The van der Waals surface area contributed by atoms with Crippen molar-refractivity contribution in [2.75, 3.05) is 13.2 Å². The summed E-state index contributed by atoms with van der Waals surface area (Å²) in [5.41, 5.74) is 0. The monoisotopic (exact) mass is 213 g/mol. The van der Waals surface area contributed by atoms with Gasteiger partial charge in [-0.25, -0.2) is 0 Å². The van der Waals surface area contributed by atoms with Crippen LogP contribution in [0.1, 0.15) is 40.0 Å². The minimum atomic E-state index is 0.434. The lowest BCUT2D eigenvalue weighted by Crippen LogP contribution is -2.34. The minimum Gasteiger partial charge on any atom is -0.377 e. The van der Waals surface area contributed by atoms with Crippen LogP contribution in [0.5, 0.6) is 0 Å². The summed E-state index contributed by atoms with van der Waals surface area (Å²) in [6.45, 7) is 8.22. The van der Waals surface area contributed by atoms with Gasteiger partial charge in [0.05, 0.1) is 26.4 Å². The fourth-order valence-electron chi connectivity index (χ4n) is 2.56. The molecule has 0 bridgehead atoms. The molecule has 1 saturated carbocycles. The van der Waals surface area contributed by atoms with Crippen LogP contribution < -0.4 is 0 Å². The molecule has 0 amide bonds. The summed E-state index contributed by atoms with van der Waals surface area (Å²) in [6.07, 6.45) is 4.31. The van der Waals surface area contributed by atoms with Gasteiger partial charge in [-0.2, -0.15) is 0 Å². The van der Waals surface area contributed by atoms with Gasteiger partial charge in [-0.1, -0.05) is 27.2 Å². The molecule has 1 aliphatic carbocycles. The Bertz CT molecular complexity index is 168. The first-order valence-electron chi connectivity index (χ1n) is 6.13. The highest BCUT2D eigenvalue weighted by atomic mass is 16.5. The average molecular weight is 213 g/mol. The summed E-state index contributed by atoms with van der Waals surface area (Å²) >= 11 is 0. The molecular formula is C13H25O2. The maximum atomic E-state index is 5.90. The van der Waals surface area contributed by atoms with Crippen molar-refractivity contribution >= 4 is 0 Å². The van der Waals surface area contributed by atoms with Gasteiger partial charge in [-0.15, -0.1) is 0 Å². The zero-order valence-electron chi connectivity index (χ0n) is 10.4. The van der Waals surface area contributed by atoms with E-state index in [0.717, 1.165) is 17.8 Å². The summed E-state index contributed by atoms with van der Waals surface area (Å²) in [5, 5.41) is 0. The van der Waals surface area contributed by atoms with E-state index in [-0.39, 0.29) is 0 Å². The highest BCUT2D eigenvalue weighted by molar-refractivity contribution is 4.81. The molecular weight excluding hydrogens is 188 g/mol. The van der Waals surface area contributed by atoms with Gasteiger partial charge in [0.2, 0.25) is 0 Å². The first-order valence-corrected chi connectivity index (χ1v) is 6.13. The molecule has 3 atom stereocenters. The summed E-state index contributed by atoms with van der Waals surface area (Å²) in [5.74, 6) is 2.26. The second-order valence-corrected chi connectivity index (χ2v) is 5.14. The van der Waals surface area contributed by atoms with Gasteiger partial charge >= 0.3 is 0 Å². The Morgan fingerprint density at radius 2 is 2.00 bits per heavy atom. The molecule has 1 fully saturated rings. The predicted octanol–water partition coefficient (Wildman–Crippen LogP) is 3.27. The SMILES string of the molecule is [CH2]OCCOC1CC(C)CCC1C(C)C. The lowest BCUT2D eigenvalue weighted by molar-refractivity contribution is -0.0506. The van der Waals surface area contributed by atoms with Gasteiger partial charge in [-0.3, -0.25) is 0 Å². The normalized spacial score (nSPS) is 32.2. The molecule has 0 saturated heterocycles. The van der Waals surface area contributed by atoms with E-state index in [1.165, 1.54) is 19.3 Å². The Morgan fingerprint density at radius 3 is 2.60 bits per heavy atom. The first kappa shape index (κ1) is 13.0. The highest BCUT2D eigenvalue weighted by Crippen LogP contribution is 2.35. The molecule has 2 heteroatoms. The Morgan fingerprint density at radius 1 is 1.27 bits per heavy atom. The number of ether oxygens (including phenoxy) is 2. The zero-order valence-corrected chi connectivity index (χ0v) is 10.4.